The fraction of sp³-hybridized carbons (Fsp3) is 0. The Morgan fingerprint density at radius 1 is 0.321 bits per heavy atom. The third-order valence-corrected chi connectivity index (χ3v) is 10.7. The first-order valence-electron chi connectivity index (χ1n) is 18.8. The van der Waals surface area contributed by atoms with Crippen LogP contribution in [0, 0.1) is 0 Å². The van der Waals surface area contributed by atoms with Crippen LogP contribution >= 0.6 is 0 Å². The van der Waals surface area contributed by atoms with Gasteiger partial charge in [-0.3, -0.25) is 4.98 Å². The van der Waals surface area contributed by atoms with Crippen molar-refractivity contribution in [1.29, 1.82) is 0 Å². The van der Waals surface area contributed by atoms with Crippen LogP contribution in [0.5, 0.6) is 0 Å². The molecule has 0 aliphatic carbocycles. The minimum absolute atomic E-state index is 0.806. The van der Waals surface area contributed by atoms with Crippen LogP contribution in [0.1, 0.15) is 0 Å². The molecule has 11 rings (SSSR count). The number of nitrogens with zero attached hydrogens (tertiary/aromatic N) is 5. The average molecular weight is 714 g/mol. The molecular formula is C51H31N5. The molecule has 0 bridgehead atoms. The molecule has 0 spiro atoms. The summed E-state index contributed by atoms with van der Waals surface area (Å²) < 4.78 is 0. The lowest BCUT2D eigenvalue weighted by molar-refractivity contribution is 1.30. The molecule has 4 heterocycles. The summed E-state index contributed by atoms with van der Waals surface area (Å²) in [5.74, 6) is 0. The lowest BCUT2D eigenvalue weighted by Crippen LogP contribution is -2.00. The Balaban J connectivity index is 1.20. The highest BCUT2D eigenvalue weighted by atomic mass is 14.8. The van der Waals surface area contributed by atoms with E-state index >= 15 is 0 Å². The lowest BCUT2D eigenvalue weighted by atomic mass is 9.90. The fourth-order valence-electron chi connectivity index (χ4n) is 8.00. The first-order chi connectivity index (χ1) is 27.8. The van der Waals surface area contributed by atoms with Gasteiger partial charge in [0.1, 0.15) is 0 Å². The average Bonchev–Trinajstić information content (AvgIpc) is 3.28. The molecule has 0 aliphatic heterocycles. The molecule has 11 aromatic rings. The van der Waals surface area contributed by atoms with E-state index in [1.54, 1.807) is 0 Å². The number of fused-ring (bicyclic) bond motifs is 8. The van der Waals surface area contributed by atoms with Gasteiger partial charge in [-0.1, -0.05) is 158 Å². The summed E-state index contributed by atoms with van der Waals surface area (Å²) in [7, 11) is 0. The highest BCUT2D eigenvalue weighted by Gasteiger charge is 2.22. The standard InChI is InChI=1S/C51H31N5/c1-4-13-34(14-5-1)46-45-44(39-20-10-11-21-42(39)54-46)40(31-43-51(45)56-50(36-17-8-3-9-18-36)49(55-43)35-15-6-2-7-16-35)32-22-24-33(25-23-32)41-29-28-38-27-26-37-19-12-30-52-47(37)48(38)53-41/h1-31H. The van der Waals surface area contributed by atoms with Gasteiger partial charge in [-0.25, -0.2) is 19.9 Å². The van der Waals surface area contributed by atoms with Crippen molar-refractivity contribution >= 4 is 54.5 Å². The van der Waals surface area contributed by atoms with Crippen LogP contribution in [0.4, 0.5) is 0 Å². The maximum atomic E-state index is 5.56. The molecule has 0 saturated carbocycles. The summed E-state index contributed by atoms with van der Waals surface area (Å²) in [6, 6.07) is 63.0. The monoisotopic (exact) mass is 713 g/mol. The first-order valence-corrected chi connectivity index (χ1v) is 18.8. The Hall–Kier alpha value is -7.63. The Labute approximate surface area is 322 Å². The quantitative estimate of drug-likeness (QED) is 0.166. The van der Waals surface area contributed by atoms with Crippen LogP contribution in [0.25, 0.3) is 111 Å². The third-order valence-electron chi connectivity index (χ3n) is 10.7. The van der Waals surface area contributed by atoms with Gasteiger partial charge >= 0.3 is 0 Å². The predicted molar refractivity (Wildman–Crippen MR) is 230 cm³/mol. The van der Waals surface area contributed by atoms with E-state index < -0.39 is 0 Å². The molecule has 0 radical (unpaired) electrons. The zero-order chi connectivity index (χ0) is 37.0. The van der Waals surface area contributed by atoms with Crippen LogP contribution < -0.4 is 0 Å². The number of hydrogen-bond donors (Lipinski definition) is 0. The van der Waals surface area contributed by atoms with Gasteiger partial charge in [0, 0.05) is 55.4 Å². The second kappa shape index (κ2) is 13.0. The summed E-state index contributed by atoms with van der Waals surface area (Å²) in [5.41, 5.74) is 14.0. The Morgan fingerprint density at radius 2 is 0.893 bits per heavy atom. The fourth-order valence-corrected chi connectivity index (χ4v) is 8.00. The van der Waals surface area contributed by atoms with Gasteiger partial charge in [0.25, 0.3) is 0 Å². The van der Waals surface area contributed by atoms with Gasteiger partial charge in [0.15, 0.2) is 0 Å². The molecule has 0 unspecified atom stereocenters. The summed E-state index contributed by atoms with van der Waals surface area (Å²) in [6.07, 6.45) is 1.83. The second-order valence-corrected chi connectivity index (χ2v) is 14.0. The molecule has 5 heteroatoms. The molecule has 0 atom stereocenters. The highest BCUT2D eigenvalue weighted by Crippen LogP contribution is 2.44. The molecule has 56 heavy (non-hydrogen) atoms. The van der Waals surface area contributed by atoms with E-state index in [1.165, 1.54) is 0 Å². The van der Waals surface area contributed by atoms with Crippen molar-refractivity contribution in [3.8, 4) is 56.2 Å². The summed E-state index contributed by atoms with van der Waals surface area (Å²) in [5, 5.41) is 5.28. The van der Waals surface area contributed by atoms with Crippen molar-refractivity contribution in [2.45, 2.75) is 0 Å². The smallest absolute Gasteiger partial charge is 0.0995 e. The zero-order valence-corrected chi connectivity index (χ0v) is 30.1. The number of hydrogen-bond acceptors (Lipinski definition) is 5. The molecule has 0 N–H and O–H groups in total. The van der Waals surface area contributed by atoms with Crippen LogP contribution in [-0.4, -0.2) is 24.9 Å². The topological polar surface area (TPSA) is 64.5 Å². The van der Waals surface area contributed by atoms with Crippen molar-refractivity contribution in [3.63, 3.8) is 0 Å². The molecule has 0 saturated heterocycles. The van der Waals surface area contributed by atoms with Crippen LogP contribution in [0.15, 0.2) is 188 Å². The molecule has 0 amide bonds. The highest BCUT2D eigenvalue weighted by molar-refractivity contribution is 6.25. The minimum Gasteiger partial charge on any atom is -0.254 e. The van der Waals surface area contributed by atoms with E-state index in [1.807, 2.05) is 30.5 Å². The van der Waals surface area contributed by atoms with Crippen molar-refractivity contribution in [3.05, 3.63) is 188 Å². The van der Waals surface area contributed by atoms with Gasteiger partial charge in [-0.05, 0) is 35.4 Å². The van der Waals surface area contributed by atoms with Gasteiger partial charge in [0.2, 0.25) is 0 Å². The molecule has 0 fully saturated rings. The second-order valence-electron chi connectivity index (χ2n) is 14.0. The van der Waals surface area contributed by atoms with Gasteiger partial charge in [-0.15, -0.1) is 0 Å². The van der Waals surface area contributed by atoms with E-state index in [4.69, 9.17) is 19.9 Å². The van der Waals surface area contributed by atoms with E-state index in [0.717, 1.165) is 111 Å². The lowest BCUT2D eigenvalue weighted by Gasteiger charge is -2.18. The predicted octanol–water partition coefficient (Wildman–Crippen LogP) is 12.8. The maximum Gasteiger partial charge on any atom is 0.0995 e. The number of para-hydroxylation sites is 1. The van der Waals surface area contributed by atoms with Gasteiger partial charge in [0.05, 0.1) is 50.4 Å². The van der Waals surface area contributed by atoms with Crippen molar-refractivity contribution in [2.24, 2.45) is 0 Å². The zero-order valence-electron chi connectivity index (χ0n) is 30.1. The van der Waals surface area contributed by atoms with Gasteiger partial charge < -0.3 is 0 Å². The molecular weight excluding hydrogens is 683 g/mol. The van der Waals surface area contributed by atoms with Crippen molar-refractivity contribution in [2.75, 3.05) is 0 Å². The van der Waals surface area contributed by atoms with E-state index in [9.17, 15) is 0 Å². The number of benzene rings is 7. The van der Waals surface area contributed by atoms with Gasteiger partial charge in [-0.2, -0.15) is 0 Å². The summed E-state index contributed by atoms with van der Waals surface area (Å²) in [4.78, 5) is 26.2. The summed E-state index contributed by atoms with van der Waals surface area (Å²) in [6.45, 7) is 0. The number of aromatic nitrogens is 5. The SMILES string of the molecule is c1ccc(-c2nc3cc(-c4ccc(-c5ccc6ccc7cccnc7c6n5)cc4)c4c5ccccc5nc(-c5ccccc5)c4c3nc2-c2ccccc2)cc1. The Morgan fingerprint density at radius 3 is 1.61 bits per heavy atom. The van der Waals surface area contributed by atoms with E-state index in [-0.39, 0.29) is 0 Å². The van der Waals surface area contributed by atoms with Crippen LogP contribution in [0.3, 0.4) is 0 Å². The molecule has 5 nitrogen and oxygen atoms in total. The van der Waals surface area contributed by atoms with Crippen LogP contribution in [-0.2, 0) is 0 Å². The molecule has 4 aromatic heterocycles. The Bertz CT molecular complexity index is 3270. The van der Waals surface area contributed by atoms with Crippen molar-refractivity contribution < 1.29 is 0 Å². The van der Waals surface area contributed by atoms with Crippen molar-refractivity contribution in [1.82, 2.24) is 24.9 Å². The van der Waals surface area contributed by atoms with E-state index in [2.05, 4.69) is 163 Å². The largest absolute Gasteiger partial charge is 0.254 e. The maximum absolute atomic E-state index is 5.56. The molecule has 260 valence electrons. The van der Waals surface area contributed by atoms with E-state index in [0.29, 0.717) is 0 Å². The summed E-state index contributed by atoms with van der Waals surface area (Å²) >= 11 is 0. The number of rotatable bonds is 5. The Kier molecular flexibility index (Phi) is 7.42. The third kappa shape index (κ3) is 5.29. The van der Waals surface area contributed by atoms with Crippen LogP contribution in [0.2, 0.25) is 0 Å². The molecule has 0 aliphatic rings. The normalized spacial score (nSPS) is 11.6. The number of pyridine rings is 3. The first kappa shape index (κ1) is 31.9. The molecule has 7 aromatic carbocycles. The minimum atomic E-state index is 0.806.